The molecule has 0 saturated heterocycles. The molecule has 1 aliphatic rings. The standard InChI is InChI=1S/C26H23FN2O4/c1-3-32-26(30)14-19-13-23(27)22-12-17(19)9-10-31-15-20-11-21(28-2)8-7-18(20)16-33-25-6-4-5-24(22)29-25/h4-8,11-13H,3,9-10,14-16H2,1H3. The first-order valence-corrected chi connectivity index (χ1v) is 10.7. The predicted octanol–water partition coefficient (Wildman–Crippen LogP) is 5.20. The maximum atomic E-state index is 15.0. The van der Waals surface area contributed by atoms with E-state index < -0.39 is 11.8 Å². The van der Waals surface area contributed by atoms with Crippen LogP contribution in [0.15, 0.2) is 48.5 Å². The van der Waals surface area contributed by atoms with Gasteiger partial charge < -0.3 is 14.2 Å². The van der Waals surface area contributed by atoms with Gasteiger partial charge >= 0.3 is 5.97 Å². The second-order valence-corrected chi connectivity index (χ2v) is 7.60. The first-order chi connectivity index (χ1) is 16.1. The highest BCUT2D eigenvalue weighted by atomic mass is 19.1. The van der Waals surface area contributed by atoms with Gasteiger partial charge in [0.25, 0.3) is 0 Å². The van der Waals surface area contributed by atoms with Gasteiger partial charge in [-0.15, -0.1) is 0 Å². The van der Waals surface area contributed by atoms with E-state index >= 15 is 4.39 Å². The molecule has 4 rings (SSSR count). The van der Waals surface area contributed by atoms with Gasteiger partial charge in [-0.05, 0) is 53.8 Å². The van der Waals surface area contributed by atoms with Gasteiger partial charge in [-0.2, -0.15) is 0 Å². The van der Waals surface area contributed by atoms with Crippen molar-refractivity contribution in [3.63, 3.8) is 0 Å². The summed E-state index contributed by atoms with van der Waals surface area (Å²) in [7, 11) is 0. The number of nitrogens with zero attached hydrogens (tertiary/aromatic N) is 2. The lowest BCUT2D eigenvalue weighted by atomic mass is 9.97. The lowest BCUT2D eigenvalue weighted by Crippen LogP contribution is -2.12. The first-order valence-electron chi connectivity index (χ1n) is 10.7. The van der Waals surface area contributed by atoms with Gasteiger partial charge in [-0.1, -0.05) is 24.3 Å². The predicted molar refractivity (Wildman–Crippen MR) is 120 cm³/mol. The van der Waals surface area contributed by atoms with Gasteiger partial charge in [0.15, 0.2) is 5.69 Å². The molecule has 0 saturated carbocycles. The molecule has 3 aromatic rings. The van der Waals surface area contributed by atoms with Crippen LogP contribution >= 0.6 is 0 Å². The summed E-state index contributed by atoms with van der Waals surface area (Å²) >= 11 is 0. The van der Waals surface area contributed by atoms with Crippen LogP contribution in [0.3, 0.4) is 0 Å². The minimum absolute atomic E-state index is 0.0197. The van der Waals surface area contributed by atoms with Crippen molar-refractivity contribution in [3.8, 4) is 17.1 Å². The molecule has 0 fully saturated rings. The van der Waals surface area contributed by atoms with E-state index in [-0.39, 0.29) is 19.6 Å². The highest BCUT2D eigenvalue weighted by Gasteiger charge is 2.17. The average molecular weight is 446 g/mol. The fourth-order valence-corrected chi connectivity index (χ4v) is 3.74. The van der Waals surface area contributed by atoms with Crippen molar-refractivity contribution < 1.29 is 23.4 Å². The molecule has 4 bridgehead atoms. The minimum Gasteiger partial charge on any atom is -0.473 e. The molecule has 33 heavy (non-hydrogen) atoms. The summed E-state index contributed by atoms with van der Waals surface area (Å²) in [6.45, 7) is 10.2. The highest BCUT2D eigenvalue weighted by Crippen LogP contribution is 2.28. The Hall–Kier alpha value is -3.76. The molecule has 0 atom stereocenters. The lowest BCUT2D eigenvalue weighted by Gasteiger charge is -2.16. The lowest BCUT2D eigenvalue weighted by molar-refractivity contribution is -0.142. The average Bonchev–Trinajstić information content (AvgIpc) is 2.81. The van der Waals surface area contributed by atoms with Crippen LogP contribution in [0, 0.1) is 12.4 Å². The third kappa shape index (κ3) is 5.36. The summed E-state index contributed by atoms with van der Waals surface area (Å²) in [6, 6.07) is 13.7. The summed E-state index contributed by atoms with van der Waals surface area (Å²) in [5.41, 5.74) is 4.41. The third-order valence-electron chi connectivity index (χ3n) is 5.40. The van der Waals surface area contributed by atoms with Gasteiger partial charge in [0.2, 0.25) is 5.88 Å². The van der Waals surface area contributed by atoms with Crippen molar-refractivity contribution in [1.82, 2.24) is 4.98 Å². The Labute approximate surface area is 191 Å². The first kappa shape index (κ1) is 22.4. The number of hydrogen-bond acceptors (Lipinski definition) is 5. The molecular weight excluding hydrogens is 423 g/mol. The van der Waals surface area contributed by atoms with Gasteiger partial charge in [0.1, 0.15) is 12.4 Å². The zero-order chi connectivity index (χ0) is 23.2. The molecule has 0 unspecified atom stereocenters. The van der Waals surface area contributed by atoms with Crippen LogP contribution in [0.1, 0.15) is 29.2 Å². The van der Waals surface area contributed by atoms with E-state index in [2.05, 4.69) is 9.83 Å². The van der Waals surface area contributed by atoms with E-state index in [1.165, 1.54) is 6.07 Å². The number of aromatic nitrogens is 1. The highest BCUT2D eigenvalue weighted by molar-refractivity contribution is 5.74. The van der Waals surface area contributed by atoms with Crippen molar-refractivity contribution >= 4 is 11.7 Å². The SMILES string of the molecule is [C-]#[N+]c1ccc2c(c1)COCCc1cc(c(F)cc1CC(=O)OCC)-c1cccc(n1)OC2. The van der Waals surface area contributed by atoms with Crippen molar-refractivity contribution in [3.05, 3.63) is 88.0 Å². The van der Waals surface area contributed by atoms with Crippen LogP contribution in [-0.4, -0.2) is 24.2 Å². The summed E-state index contributed by atoms with van der Waals surface area (Å²) in [4.78, 5) is 20.1. The second-order valence-electron chi connectivity index (χ2n) is 7.60. The molecule has 0 amide bonds. The van der Waals surface area contributed by atoms with Crippen LogP contribution in [0.2, 0.25) is 0 Å². The van der Waals surface area contributed by atoms with E-state index in [4.69, 9.17) is 20.8 Å². The van der Waals surface area contributed by atoms with Crippen molar-refractivity contribution in [2.45, 2.75) is 33.0 Å². The van der Waals surface area contributed by atoms with E-state index in [0.29, 0.717) is 48.0 Å². The third-order valence-corrected chi connectivity index (χ3v) is 5.40. The molecule has 2 heterocycles. The molecule has 0 spiro atoms. The van der Waals surface area contributed by atoms with Crippen molar-refractivity contribution in [1.29, 1.82) is 0 Å². The molecule has 7 heteroatoms. The normalized spacial score (nSPS) is 13.1. The quantitative estimate of drug-likeness (QED) is 0.409. The molecule has 0 N–H and O–H groups in total. The molecular formula is C26H23FN2O4. The molecule has 1 aliphatic heterocycles. The van der Waals surface area contributed by atoms with Gasteiger partial charge in [0.05, 0.1) is 38.5 Å². The van der Waals surface area contributed by atoms with Gasteiger partial charge in [-0.3, -0.25) is 4.79 Å². The minimum atomic E-state index is -0.465. The Morgan fingerprint density at radius 1 is 1.15 bits per heavy atom. The smallest absolute Gasteiger partial charge is 0.310 e. The number of halogens is 1. The van der Waals surface area contributed by atoms with Crippen molar-refractivity contribution in [2.24, 2.45) is 0 Å². The number of fused-ring (bicyclic) bond motifs is 6. The van der Waals surface area contributed by atoms with Crippen LogP contribution in [0.4, 0.5) is 10.1 Å². The molecule has 168 valence electrons. The van der Waals surface area contributed by atoms with Crippen LogP contribution in [0.5, 0.6) is 5.88 Å². The fraction of sp³-hybridized carbons (Fsp3) is 0.269. The number of ether oxygens (including phenoxy) is 3. The van der Waals surface area contributed by atoms with E-state index in [0.717, 1.165) is 16.7 Å². The molecule has 1 aromatic heterocycles. The topological polar surface area (TPSA) is 62.0 Å². The Morgan fingerprint density at radius 2 is 2.03 bits per heavy atom. The number of rotatable bonds is 3. The number of esters is 1. The molecule has 6 nitrogen and oxygen atoms in total. The number of benzene rings is 2. The zero-order valence-electron chi connectivity index (χ0n) is 18.3. The number of hydrogen-bond donors (Lipinski definition) is 0. The Bertz CT molecular complexity index is 1220. The fourth-order valence-electron chi connectivity index (χ4n) is 3.74. The maximum absolute atomic E-state index is 15.0. The molecule has 0 radical (unpaired) electrons. The number of pyridine rings is 1. The summed E-state index contributed by atoms with van der Waals surface area (Å²) < 4.78 is 31.9. The summed E-state index contributed by atoms with van der Waals surface area (Å²) in [5, 5.41) is 0. The van der Waals surface area contributed by atoms with Crippen LogP contribution in [-0.2, 0) is 40.3 Å². The molecule has 0 aliphatic carbocycles. The van der Waals surface area contributed by atoms with Gasteiger partial charge in [-0.25, -0.2) is 14.2 Å². The van der Waals surface area contributed by atoms with E-state index in [9.17, 15) is 4.79 Å². The van der Waals surface area contributed by atoms with Crippen LogP contribution < -0.4 is 4.74 Å². The zero-order valence-corrected chi connectivity index (χ0v) is 18.3. The van der Waals surface area contributed by atoms with Crippen LogP contribution in [0.25, 0.3) is 16.1 Å². The Morgan fingerprint density at radius 3 is 2.85 bits per heavy atom. The number of carbonyl (C=O) groups is 1. The van der Waals surface area contributed by atoms with Gasteiger partial charge in [0, 0.05) is 11.6 Å². The summed E-state index contributed by atoms with van der Waals surface area (Å²) in [5.74, 6) is -0.509. The largest absolute Gasteiger partial charge is 0.473 e. The number of carbonyl (C=O) groups excluding carboxylic acids is 1. The van der Waals surface area contributed by atoms with E-state index in [1.807, 2.05) is 6.07 Å². The summed E-state index contributed by atoms with van der Waals surface area (Å²) in [6.07, 6.45) is 0.463. The molecule has 2 aromatic carbocycles. The maximum Gasteiger partial charge on any atom is 0.310 e. The monoisotopic (exact) mass is 446 g/mol. The Balaban J connectivity index is 1.73. The van der Waals surface area contributed by atoms with E-state index in [1.54, 1.807) is 43.3 Å². The van der Waals surface area contributed by atoms with Crippen molar-refractivity contribution in [2.75, 3.05) is 13.2 Å². The second kappa shape index (κ2) is 10.2. The Kier molecular flexibility index (Phi) is 6.96.